The summed E-state index contributed by atoms with van der Waals surface area (Å²) in [6.07, 6.45) is 2.75. The lowest BCUT2D eigenvalue weighted by Gasteiger charge is -2.40. The molecule has 0 unspecified atom stereocenters. The Kier molecular flexibility index (Phi) is 4.25. The van der Waals surface area contributed by atoms with Crippen LogP contribution in [0.5, 0.6) is 5.88 Å². The first-order valence-corrected chi connectivity index (χ1v) is 9.66. The predicted molar refractivity (Wildman–Crippen MR) is 100 cm³/mol. The normalized spacial score (nSPS) is 23.2. The second kappa shape index (κ2) is 6.42. The van der Waals surface area contributed by atoms with Crippen molar-refractivity contribution in [3.63, 3.8) is 0 Å². The molecule has 1 aromatic carbocycles. The van der Waals surface area contributed by atoms with Crippen LogP contribution in [0.1, 0.15) is 42.3 Å². The highest BCUT2D eigenvalue weighted by molar-refractivity contribution is 7.17. The van der Waals surface area contributed by atoms with Crippen molar-refractivity contribution in [1.29, 1.82) is 0 Å². The monoisotopic (exact) mass is 356 g/mol. The maximum absolute atomic E-state index is 10.8. The third-order valence-corrected chi connectivity index (χ3v) is 6.13. The Balaban J connectivity index is 1.81. The standard InChI is InChI=1S/C19H24N4OS/c1-12-4-6-15(7-5-12)16(22-9-13(2)8-14(3)10-22)17-18(24)23-19(25-17)20-11-21-23/h4-7,11,13-14,16,24H,8-10H2,1-3H3/t13-,14-,16-/m1/s1. The fourth-order valence-corrected chi connectivity index (χ4v) is 5.16. The van der Waals surface area contributed by atoms with Gasteiger partial charge in [-0.3, -0.25) is 4.90 Å². The van der Waals surface area contributed by atoms with E-state index in [1.165, 1.54) is 39.7 Å². The zero-order chi connectivity index (χ0) is 17.6. The van der Waals surface area contributed by atoms with E-state index in [1.807, 2.05) is 0 Å². The Hall–Kier alpha value is -1.92. The molecule has 4 rings (SSSR count). The molecule has 0 spiro atoms. The molecule has 3 heterocycles. The predicted octanol–water partition coefficient (Wildman–Crippen LogP) is 3.87. The topological polar surface area (TPSA) is 53.7 Å². The second-order valence-corrected chi connectivity index (χ2v) is 8.47. The van der Waals surface area contributed by atoms with Crippen molar-refractivity contribution in [1.82, 2.24) is 19.5 Å². The van der Waals surface area contributed by atoms with E-state index in [-0.39, 0.29) is 11.9 Å². The van der Waals surface area contributed by atoms with Gasteiger partial charge in [-0.2, -0.15) is 9.61 Å². The van der Waals surface area contributed by atoms with Gasteiger partial charge in [-0.05, 0) is 30.7 Å². The van der Waals surface area contributed by atoms with Crippen LogP contribution < -0.4 is 0 Å². The Labute approximate surface area is 151 Å². The molecule has 1 fully saturated rings. The van der Waals surface area contributed by atoms with Gasteiger partial charge in [-0.25, -0.2) is 4.98 Å². The first-order chi connectivity index (χ1) is 12.0. The number of benzene rings is 1. The maximum Gasteiger partial charge on any atom is 0.230 e. The number of aromatic nitrogens is 3. The van der Waals surface area contributed by atoms with Crippen molar-refractivity contribution >= 4 is 16.3 Å². The second-order valence-electron chi connectivity index (χ2n) is 7.46. The summed E-state index contributed by atoms with van der Waals surface area (Å²) in [6.45, 7) is 8.81. The van der Waals surface area contributed by atoms with Gasteiger partial charge in [0.1, 0.15) is 6.33 Å². The Morgan fingerprint density at radius 3 is 2.48 bits per heavy atom. The van der Waals surface area contributed by atoms with Gasteiger partial charge in [0.25, 0.3) is 0 Å². The lowest BCUT2D eigenvalue weighted by molar-refractivity contribution is 0.112. The number of rotatable bonds is 3. The first kappa shape index (κ1) is 16.5. The molecular weight excluding hydrogens is 332 g/mol. The number of aromatic hydroxyl groups is 1. The average Bonchev–Trinajstić information content (AvgIpc) is 3.13. The minimum absolute atomic E-state index is 0.0410. The van der Waals surface area contributed by atoms with Gasteiger partial charge in [-0.15, -0.1) is 0 Å². The van der Waals surface area contributed by atoms with E-state index in [9.17, 15) is 5.11 Å². The number of aryl methyl sites for hydroxylation is 1. The summed E-state index contributed by atoms with van der Waals surface area (Å²) in [5, 5.41) is 14.9. The lowest BCUT2D eigenvalue weighted by atomic mass is 9.89. The molecule has 3 aromatic rings. The fourth-order valence-electron chi connectivity index (χ4n) is 4.07. The van der Waals surface area contributed by atoms with E-state index in [4.69, 9.17) is 0 Å². The molecule has 132 valence electrons. The summed E-state index contributed by atoms with van der Waals surface area (Å²) in [5.74, 6) is 1.52. The van der Waals surface area contributed by atoms with Crippen LogP contribution in [0.4, 0.5) is 0 Å². The molecule has 2 aromatic heterocycles. The number of thiazole rings is 1. The quantitative estimate of drug-likeness (QED) is 0.774. The summed E-state index contributed by atoms with van der Waals surface area (Å²) < 4.78 is 1.54. The molecule has 25 heavy (non-hydrogen) atoms. The van der Waals surface area contributed by atoms with Gasteiger partial charge >= 0.3 is 0 Å². The van der Waals surface area contributed by atoms with Crippen molar-refractivity contribution in [2.24, 2.45) is 11.8 Å². The molecule has 1 aliphatic rings. The number of nitrogens with zero attached hydrogens (tertiary/aromatic N) is 4. The molecule has 1 saturated heterocycles. The fraction of sp³-hybridized carbons (Fsp3) is 0.474. The Bertz CT molecular complexity index is 859. The van der Waals surface area contributed by atoms with Crippen molar-refractivity contribution in [2.75, 3.05) is 13.1 Å². The first-order valence-electron chi connectivity index (χ1n) is 8.85. The van der Waals surface area contributed by atoms with Crippen molar-refractivity contribution in [2.45, 2.75) is 33.2 Å². The largest absolute Gasteiger partial charge is 0.492 e. The van der Waals surface area contributed by atoms with E-state index in [1.54, 1.807) is 0 Å². The van der Waals surface area contributed by atoms with Crippen LogP contribution in [0, 0.1) is 18.8 Å². The third kappa shape index (κ3) is 3.04. The van der Waals surface area contributed by atoms with Gasteiger partial charge in [0.15, 0.2) is 0 Å². The molecule has 1 N–H and O–H groups in total. The van der Waals surface area contributed by atoms with E-state index < -0.39 is 0 Å². The Morgan fingerprint density at radius 2 is 1.84 bits per heavy atom. The SMILES string of the molecule is Cc1ccc([C@H](c2sc3ncnn3c2O)N2C[C@H](C)C[C@@H](C)C2)cc1. The van der Waals surface area contributed by atoms with Gasteiger partial charge < -0.3 is 5.11 Å². The highest BCUT2D eigenvalue weighted by Gasteiger charge is 2.33. The summed E-state index contributed by atoms with van der Waals surface area (Å²) in [5.41, 5.74) is 2.46. The van der Waals surface area contributed by atoms with Crippen LogP contribution in [-0.2, 0) is 0 Å². The van der Waals surface area contributed by atoms with Crippen molar-refractivity contribution in [3.8, 4) is 5.88 Å². The minimum Gasteiger partial charge on any atom is -0.492 e. The molecule has 5 nitrogen and oxygen atoms in total. The molecule has 0 radical (unpaired) electrons. The Morgan fingerprint density at radius 1 is 1.16 bits per heavy atom. The summed E-state index contributed by atoms with van der Waals surface area (Å²) in [6, 6.07) is 8.69. The number of hydrogen-bond donors (Lipinski definition) is 1. The van der Waals surface area contributed by atoms with Gasteiger partial charge in [0.05, 0.1) is 10.9 Å². The van der Waals surface area contributed by atoms with E-state index >= 15 is 0 Å². The molecule has 0 saturated carbocycles. The molecule has 0 bridgehead atoms. The van der Waals surface area contributed by atoms with Crippen LogP contribution in [0.2, 0.25) is 0 Å². The molecular formula is C19H24N4OS. The van der Waals surface area contributed by atoms with E-state index in [2.05, 4.69) is 60.0 Å². The number of fused-ring (bicyclic) bond motifs is 1. The third-order valence-electron chi connectivity index (χ3n) is 5.04. The molecule has 6 heteroatoms. The van der Waals surface area contributed by atoms with Gasteiger partial charge in [0.2, 0.25) is 10.8 Å². The van der Waals surface area contributed by atoms with E-state index in [0.29, 0.717) is 11.8 Å². The zero-order valence-corrected chi connectivity index (χ0v) is 15.7. The van der Waals surface area contributed by atoms with Gasteiger partial charge in [-0.1, -0.05) is 55.0 Å². The highest BCUT2D eigenvalue weighted by Crippen LogP contribution is 2.41. The van der Waals surface area contributed by atoms with E-state index in [0.717, 1.165) is 22.9 Å². The average molecular weight is 356 g/mol. The summed E-state index contributed by atoms with van der Waals surface area (Å²) in [7, 11) is 0. The number of likely N-dealkylation sites (tertiary alicyclic amines) is 1. The van der Waals surface area contributed by atoms with Gasteiger partial charge in [0, 0.05) is 13.1 Å². The summed E-state index contributed by atoms with van der Waals surface area (Å²) >= 11 is 1.53. The molecule has 1 aliphatic heterocycles. The van der Waals surface area contributed by atoms with Crippen molar-refractivity contribution in [3.05, 3.63) is 46.6 Å². The molecule has 0 aliphatic carbocycles. The van der Waals surface area contributed by atoms with Crippen LogP contribution in [-0.4, -0.2) is 37.7 Å². The van der Waals surface area contributed by atoms with Crippen LogP contribution in [0.3, 0.4) is 0 Å². The maximum atomic E-state index is 10.8. The minimum atomic E-state index is 0.0410. The number of piperidine rings is 1. The van der Waals surface area contributed by atoms with Crippen LogP contribution in [0.25, 0.3) is 4.96 Å². The number of hydrogen-bond acceptors (Lipinski definition) is 5. The van der Waals surface area contributed by atoms with Crippen molar-refractivity contribution < 1.29 is 5.11 Å². The van der Waals surface area contributed by atoms with Crippen LogP contribution >= 0.6 is 11.3 Å². The molecule has 0 amide bonds. The molecule has 3 atom stereocenters. The smallest absolute Gasteiger partial charge is 0.230 e. The zero-order valence-electron chi connectivity index (χ0n) is 14.9. The van der Waals surface area contributed by atoms with Crippen LogP contribution in [0.15, 0.2) is 30.6 Å². The lowest BCUT2D eigenvalue weighted by Crippen LogP contribution is -2.41. The highest BCUT2D eigenvalue weighted by atomic mass is 32.1. The summed E-state index contributed by atoms with van der Waals surface area (Å²) in [4.78, 5) is 8.44.